The number of aryl methyl sites for hydroxylation is 1. The third-order valence-corrected chi connectivity index (χ3v) is 5.59. The molecule has 4 aromatic rings. The van der Waals surface area contributed by atoms with Crippen LogP contribution in [0.2, 0.25) is 0 Å². The Morgan fingerprint density at radius 3 is 2.83 bits per heavy atom. The van der Waals surface area contributed by atoms with E-state index < -0.39 is 0 Å². The summed E-state index contributed by atoms with van der Waals surface area (Å²) in [5, 5.41) is 1.27. The second kappa shape index (κ2) is 7.13. The zero-order chi connectivity index (χ0) is 19.8. The molecule has 5 rings (SSSR count). The van der Waals surface area contributed by atoms with Crippen molar-refractivity contribution in [3.05, 3.63) is 90.4 Å². The molecule has 29 heavy (non-hydrogen) atoms. The fraction of sp³-hybridized carbons (Fsp3) is 0.160. The van der Waals surface area contributed by atoms with Crippen LogP contribution in [-0.4, -0.2) is 16.7 Å². The Labute approximate surface area is 170 Å². The molecule has 0 saturated carbocycles. The lowest BCUT2D eigenvalue weighted by atomic mass is 9.95. The lowest BCUT2D eigenvalue weighted by Crippen LogP contribution is -2.20. The Morgan fingerprint density at radius 1 is 1.07 bits per heavy atom. The van der Waals surface area contributed by atoms with Crippen LogP contribution in [0.5, 0.6) is 5.88 Å². The molecule has 4 heteroatoms. The van der Waals surface area contributed by atoms with Crippen LogP contribution in [0.3, 0.4) is 0 Å². The fourth-order valence-corrected chi connectivity index (χ4v) is 4.09. The molecule has 0 spiro atoms. The van der Waals surface area contributed by atoms with Gasteiger partial charge >= 0.3 is 0 Å². The van der Waals surface area contributed by atoms with Gasteiger partial charge in [-0.3, -0.25) is 0 Å². The number of hydrogen-bond acceptors (Lipinski definition) is 3. The van der Waals surface area contributed by atoms with Gasteiger partial charge < -0.3 is 14.2 Å². The number of benzene rings is 2. The Hall–Kier alpha value is -3.53. The van der Waals surface area contributed by atoms with Crippen LogP contribution >= 0.6 is 0 Å². The molecule has 0 fully saturated rings. The Balaban J connectivity index is 1.57. The number of pyridine rings is 1. The third kappa shape index (κ3) is 3.17. The van der Waals surface area contributed by atoms with Crippen molar-refractivity contribution < 1.29 is 4.74 Å². The van der Waals surface area contributed by atoms with Crippen LogP contribution in [0, 0.1) is 0 Å². The topological polar surface area (TPSA) is 30.3 Å². The molecule has 0 atom stereocenters. The predicted octanol–water partition coefficient (Wildman–Crippen LogP) is 5.33. The number of ether oxygens (including phenoxy) is 1. The summed E-state index contributed by atoms with van der Waals surface area (Å²) >= 11 is 0. The van der Waals surface area contributed by atoms with Crippen molar-refractivity contribution >= 4 is 16.6 Å². The Kier molecular flexibility index (Phi) is 4.32. The number of methoxy groups -OCH3 is 1. The molecule has 1 aliphatic heterocycles. The molecule has 0 bridgehead atoms. The lowest BCUT2D eigenvalue weighted by Gasteiger charge is -2.29. The second-order valence-electron chi connectivity index (χ2n) is 7.44. The van der Waals surface area contributed by atoms with Gasteiger partial charge in [0.2, 0.25) is 5.88 Å². The highest BCUT2D eigenvalue weighted by molar-refractivity contribution is 5.90. The Morgan fingerprint density at radius 2 is 2.00 bits per heavy atom. The summed E-state index contributed by atoms with van der Waals surface area (Å²) in [4.78, 5) is 6.69. The van der Waals surface area contributed by atoms with Crippen LogP contribution < -0.4 is 9.64 Å². The molecule has 0 saturated heterocycles. The van der Waals surface area contributed by atoms with Gasteiger partial charge in [0.05, 0.1) is 12.8 Å². The maximum absolute atomic E-state index is 5.19. The molecular formula is C25H23N3O. The summed E-state index contributed by atoms with van der Waals surface area (Å²) < 4.78 is 7.37. The molecule has 0 unspecified atom stereocenters. The molecule has 2 aromatic carbocycles. The molecule has 1 aliphatic rings. The largest absolute Gasteiger partial charge is 0.481 e. The third-order valence-electron chi connectivity index (χ3n) is 5.59. The SMILES string of the molecule is COc1ccc(CN2C=CCc3cccc(-c4ccc5ccn(C)c5c4)c32)cn1. The van der Waals surface area contributed by atoms with E-state index in [-0.39, 0.29) is 0 Å². The molecule has 0 aliphatic carbocycles. The van der Waals surface area contributed by atoms with Gasteiger partial charge in [0.25, 0.3) is 0 Å². The maximum Gasteiger partial charge on any atom is 0.212 e. The van der Waals surface area contributed by atoms with Crippen molar-refractivity contribution in [2.45, 2.75) is 13.0 Å². The van der Waals surface area contributed by atoms with Crippen LogP contribution in [0.15, 0.2) is 79.3 Å². The molecular weight excluding hydrogens is 358 g/mol. The van der Waals surface area contributed by atoms with Gasteiger partial charge in [-0.15, -0.1) is 0 Å². The van der Waals surface area contributed by atoms with Crippen molar-refractivity contribution in [1.82, 2.24) is 9.55 Å². The van der Waals surface area contributed by atoms with Crippen LogP contribution in [0.4, 0.5) is 5.69 Å². The van der Waals surface area contributed by atoms with Crippen LogP contribution in [-0.2, 0) is 20.0 Å². The maximum atomic E-state index is 5.19. The number of hydrogen-bond donors (Lipinski definition) is 0. The lowest BCUT2D eigenvalue weighted by molar-refractivity contribution is 0.397. The van der Waals surface area contributed by atoms with Gasteiger partial charge in [-0.2, -0.15) is 0 Å². The van der Waals surface area contributed by atoms with E-state index in [0.717, 1.165) is 18.5 Å². The van der Waals surface area contributed by atoms with E-state index >= 15 is 0 Å². The first kappa shape index (κ1) is 17.6. The van der Waals surface area contributed by atoms with Gasteiger partial charge in [-0.05, 0) is 40.6 Å². The van der Waals surface area contributed by atoms with Gasteiger partial charge in [-0.1, -0.05) is 42.5 Å². The standard InChI is InChI=1S/C25H23N3O/c1-27-14-12-19-9-10-21(15-23(19)27)22-7-3-5-20-6-4-13-28(25(20)22)17-18-8-11-24(29-2)26-16-18/h3-5,7-16H,6,17H2,1-2H3. The Bertz CT molecular complexity index is 1200. The van der Waals surface area contributed by atoms with Gasteiger partial charge in [0, 0.05) is 49.3 Å². The average molecular weight is 381 g/mol. The van der Waals surface area contributed by atoms with Crippen molar-refractivity contribution in [2.24, 2.45) is 7.05 Å². The zero-order valence-electron chi connectivity index (χ0n) is 16.7. The van der Waals surface area contributed by atoms with E-state index in [1.165, 1.54) is 33.3 Å². The molecule has 2 aromatic heterocycles. The number of anilines is 1. The monoisotopic (exact) mass is 381 g/mol. The highest BCUT2D eigenvalue weighted by atomic mass is 16.5. The van der Waals surface area contributed by atoms with E-state index in [1.54, 1.807) is 7.11 Å². The minimum absolute atomic E-state index is 0.639. The highest BCUT2D eigenvalue weighted by Gasteiger charge is 2.19. The van der Waals surface area contributed by atoms with E-state index in [2.05, 4.69) is 88.5 Å². The van der Waals surface area contributed by atoms with Crippen molar-refractivity contribution in [2.75, 3.05) is 12.0 Å². The molecule has 0 amide bonds. The van der Waals surface area contributed by atoms with Gasteiger partial charge in [-0.25, -0.2) is 4.98 Å². The molecule has 0 N–H and O–H groups in total. The normalized spacial score (nSPS) is 13.0. The van der Waals surface area contributed by atoms with Crippen LogP contribution in [0.25, 0.3) is 22.0 Å². The minimum atomic E-state index is 0.639. The first-order valence-electron chi connectivity index (χ1n) is 9.82. The first-order valence-corrected chi connectivity index (χ1v) is 9.82. The summed E-state index contributed by atoms with van der Waals surface area (Å²) in [6.07, 6.45) is 9.37. The van der Waals surface area contributed by atoms with Crippen molar-refractivity contribution in [3.63, 3.8) is 0 Å². The average Bonchev–Trinajstić information content (AvgIpc) is 3.14. The molecule has 3 heterocycles. The predicted molar refractivity (Wildman–Crippen MR) is 118 cm³/mol. The number of rotatable bonds is 4. The minimum Gasteiger partial charge on any atom is -0.481 e. The number of fused-ring (bicyclic) bond motifs is 2. The van der Waals surface area contributed by atoms with Crippen molar-refractivity contribution in [3.8, 4) is 17.0 Å². The number of aromatic nitrogens is 2. The molecule has 144 valence electrons. The van der Waals surface area contributed by atoms with Gasteiger partial charge in [0.1, 0.15) is 0 Å². The summed E-state index contributed by atoms with van der Waals surface area (Å²) in [5.41, 5.74) is 7.52. The number of allylic oxidation sites excluding steroid dienone is 1. The summed E-state index contributed by atoms with van der Waals surface area (Å²) in [7, 11) is 3.74. The van der Waals surface area contributed by atoms with Crippen molar-refractivity contribution in [1.29, 1.82) is 0 Å². The van der Waals surface area contributed by atoms with Gasteiger partial charge in [0.15, 0.2) is 0 Å². The highest BCUT2D eigenvalue weighted by Crippen LogP contribution is 2.38. The van der Waals surface area contributed by atoms with E-state index in [0.29, 0.717) is 5.88 Å². The fourth-order valence-electron chi connectivity index (χ4n) is 4.09. The zero-order valence-corrected chi connectivity index (χ0v) is 16.7. The summed E-state index contributed by atoms with van der Waals surface area (Å²) in [6.45, 7) is 0.768. The smallest absolute Gasteiger partial charge is 0.212 e. The van der Waals surface area contributed by atoms with E-state index in [4.69, 9.17) is 4.74 Å². The summed E-state index contributed by atoms with van der Waals surface area (Å²) in [5.74, 6) is 0.639. The first-order chi connectivity index (χ1) is 14.2. The van der Waals surface area contributed by atoms with E-state index in [9.17, 15) is 0 Å². The van der Waals surface area contributed by atoms with Crippen LogP contribution in [0.1, 0.15) is 11.1 Å². The second-order valence-corrected chi connectivity index (χ2v) is 7.44. The quantitative estimate of drug-likeness (QED) is 0.479. The summed E-state index contributed by atoms with van der Waals surface area (Å²) in [6, 6.07) is 19.5. The number of para-hydroxylation sites is 1. The molecule has 4 nitrogen and oxygen atoms in total. The van der Waals surface area contributed by atoms with E-state index in [1.807, 2.05) is 12.3 Å². The number of nitrogens with zero attached hydrogens (tertiary/aromatic N) is 3. The molecule has 0 radical (unpaired) electrons.